The van der Waals surface area contributed by atoms with Crippen LogP contribution in [-0.2, 0) is 11.3 Å². The molecule has 0 saturated heterocycles. The summed E-state index contributed by atoms with van der Waals surface area (Å²) in [6.45, 7) is 2.56. The van der Waals surface area contributed by atoms with E-state index >= 15 is 0 Å². The third-order valence-electron chi connectivity index (χ3n) is 5.23. The van der Waals surface area contributed by atoms with Crippen molar-refractivity contribution in [3.05, 3.63) is 95.6 Å². The molecule has 0 aliphatic carbocycles. The zero-order valence-corrected chi connectivity index (χ0v) is 19.4. The number of H-pyrrole nitrogens is 1. The maximum atomic E-state index is 12.8. The lowest BCUT2D eigenvalue weighted by molar-refractivity contribution is -0.121. The number of aryl methyl sites for hydroxylation is 1. The summed E-state index contributed by atoms with van der Waals surface area (Å²) in [5.41, 5.74) is 4.23. The van der Waals surface area contributed by atoms with Crippen molar-refractivity contribution in [2.45, 2.75) is 30.3 Å². The molecule has 33 heavy (non-hydrogen) atoms. The number of nitrogens with one attached hydrogen (secondary N) is 2. The number of rotatable bonds is 9. The molecule has 4 rings (SSSR count). The number of ether oxygens (including phenoxy) is 1. The first-order valence-electron chi connectivity index (χ1n) is 10.7. The van der Waals surface area contributed by atoms with E-state index in [9.17, 15) is 4.79 Å². The van der Waals surface area contributed by atoms with Gasteiger partial charge in [0.2, 0.25) is 11.1 Å². The fraction of sp³-hybridized carbons (Fsp3) is 0.192. The van der Waals surface area contributed by atoms with Gasteiger partial charge in [0.1, 0.15) is 5.75 Å². The van der Waals surface area contributed by atoms with Gasteiger partial charge in [-0.2, -0.15) is 0 Å². The monoisotopic (exact) mass is 458 g/mol. The maximum Gasteiger partial charge on any atom is 0.221 e. The highest BCUT2D eigenvalue weighted by Crippen LogP contribution is 2.37. The maximum absolute atomic E-state index is 12.8. The standard InChI is InChI=1S/C26H26N4O2S/c1-18-8-10-20(11-9-18)23(16-24(31)27-17-19-6-4-3-5-7-19)33-26-28-25(29-30-26)21-12-14-22(32-2)15-13-21/h3-15,23H,16-17H2,1-2H3,(H,27,31)(H,28,29,30)/t23-/m0/s1. The minimum Gasteiger partial charge on any atom is -0.497 e. The van der Waals surface area contributed by atoms with Crippen LogP contribution in [0.1, 0.15) is 28.4 Å². The van der Waals surface area contributed by atoms with Crippen molar-refractivity contribution in [1.29, 1.82) is 0 Å². The lowest BCUT2D eigenvalue weighted by Gasteiger charge is -2.15. The molecule has 0 radical (unpaired) electrons. The van der Waals surface area contributed by atoms with E-state index in [-0.39, 0.29) is 11.2 Å². The van der Waals surface area contributed by atoms with Crippen molar-refractivity contribution in [3.8, 4) is 17.1 Å². The van der Waals surface area contributed by atoms with Gasteiger partial charge in [-0.05, 0) is 42.3 Å². The normalized spacial score (nSPS) is 11.7. The number of aromatic nitrogens is 3. The van der Waals surface area contributed by atoms with E-state index in [0.717, 1.165) is 22.4 Å². The number of hydrogen-bond acceptors (Lipinski definition) is 5. The lowest BCUT2D eigenvalue weighted by Crippen LogP contribution is -2.24. The molecule has 2 N–H and O–H groups in total. The van der Waals surface area contributed by atoms with Gasteiger partial charge < -0.3 is 10.1 Å². The third-order valence-corrected chi connectivity index (χ3v) is 6.35. The van der Waals surface area contributed by atoms with Crippen molar-refractivity contribution in [2.24, 2.45) is 0 Å². The first-order chi connectivity index (χ1) is 16.1. The van der Waals surface area contributed by atoms with Crippen molar-refractivity contribution in [3.63, 3.8) is 0 Å². The molecule has 4 aromatic rings. The van der Waals surface area contributed by atoms with Gasteiger partial charge in [0.15, 0.2) is 5.82 Å². The summed E-state index contributed by atoms with van der Waals surface area (Å²) in [6, 6.07) is 25.8. The first kappa shape index (κ1) is 22.6. The molecular formula is C26H26N4O2S. The topological polar surface area (TPSA) is 79.9 Å². The summed E-state index contributed by atoms with van der Waals surface area (Å²) in [5, 5.41) is 10.9. The summed E-state index contributed by atoms with van der Waals surface area (Å²) in [4.78, 5) is 17.4. The summed E-state index contributed by atoms with van der Waals surface area (Å²) in [5.74, 6) is 1.45. The Labute approximate surface area is 197 Å². The lowest BCUT2D eigenvalue weighted by atomic mass is 10.1. The van der Waals surface area contributed by atoms with Crippen LogP contribution < -0.4 is 10.1 Å². The molecule has 3 aromatic carbocycles. The van der Waals surface area contributed by atoms with Crippen molar-refractivity contribution >= 4 is 17.7 Å². The summed E-state index contributed by atoms with van der Waals surface area (Å²) >= 11 is 1.48. The van der Waals surface area contributed by atoms with Crippen LogP contribution in [0.15, 0.2) is 84.0 Å². The Kier molecular flexibility index (Phi) is 7.42. The van der Waals surface area contributed by atoms with Gasteiger partial charge in [-0.15, -0.1) is 5.10 Å². The zero-order valence-electron chi connectivity index (χ0n) is 18.6. The average molecular weight is 459 g/mol. The Balaban J connectivity index is 1.47. The quantitative estimate of drug-likeness (QED) is 0.332. The Bertz CT molecular complexity index is 1180. The van der Waals surface area contributed by atoms with Crippen LogP contribution in [0.2, 0.25) is 0 Å². The number of amides is 1. The van der Waals surface area contributed by atoms with Gasteiger partial charge >= 0.3 is 0 Å². The van der Waals surface area contributed by atoms with Gasteiger partial charge in [-0.1, -0.05) is 71.9 Å². The molecule has 0 unspecified atom stereocenters. The molecule has 0 aliphatic heterocycles. The third kappa shape index (κ3) is 6.23. The molecule has 6 nitrogen and oxygen atoms in total. The number of nitrogens with zero attached hydrogens (tertiary/aromatic N) is 2. The predicted octanol–water partition coefficient (Wildman–Crippen LogP) is 5.33. The van der Waals surface area contributed by atoms with Gasteiger partial charge in [-0.3, -0.25) is 9.89 Å². The van der Waals surface area contributed by atoms with E-state index < -0.39 is 0 Å². The molecule has 1 aromatic heterocycles. The van der Waals surface area contributed by atoms with E-state index in [4.69, 9.17) is 4.74 Å². The Hall–Kier alpha value is -3.58. The molecule has 0 aliphatic rings. The summed E-state index contributed by atoms with van der Waals surface area (Å²) < 4.78 is 5.22. The number of carbonyl (C=O) groups is 1. The van der Waals surface area contributed by atoms with Crippen LogP contribution in [0.5, 0.6) is 5.75 Å². The Morgan fingerprint density at radius 1 is 1.03 bits per heavy atom. The number of methoxy groups -OCH3 is 1. The molecule has 1 heterocycles. The number of carbonyl (C=O) groups excluding carboxylic acids is 1. The second kappa shape index (κ2) is 10.8. The summed E-state index contributed by atoms with van der Waals surface area (Å²) in [6.07, 6.45) is 0.326. The molecule has 0 bridgehead atoms. The second-order valence-electron chi connectivity index (χ2n) is 7.68. The number of thioether (sulfide) groups is 1. The number of benzene rings is 3. The van der Waals surface area contributed by atoms with Crippen molar-refractivity contribution in [1.82, 2.24) is 20.5 Å². The average Bonchev–Trinajstić information content (AvgIpc) is 3.32. The molecule has 0 fully saturated rings. The molecule has 168 valence electrons. The zero-order chi connectivity index (χ0) is 23.0. The second-order valence-corrected chi connectivity index (χ2v) is 8.85. The van der Waals surface area contributed by atoms with Crippen LogP contribution in [0.3, 0.4) is 0 Å². The van der Waals surface area contributed by atoms with E-state index in [1.165, 1.54) is 17.3 Å². The molecule has 0 saturated carbocycles. The highest BCUT2D eigenvalue weighted by Gasteiger charge is 2.20. The Morgan fingerprint density at radius 2 is 1.76 bits per heavy atom. The van der Waals surface area contributed by atoms with Crippen LogP contribution in [-0.4, -0.2) is 28.2 Å². The molecule has 7 heteroatoms. The smallest absolute Gasteiger partial charge is 0.221 e. The van der Waals surface area contributed by atoms with Crippen molar-refractivity contribution < 1.29 is 9.53 Å². The summed E-state index contributed by atoms with van der Waals surface area (Å²) in [7, 11) is 1.64. The first-order valence-corrected chi connectivity index (χ1v) is 11.6. The fourth-order valence-corrected chi connectivity index (χ4v) is 4.37. The molecular weight excluding hydrogens is 432 g/mol. The van der Waals surface area contributed by atoms with Crippen LogP contribution in [0.25, 0.3) is 11.4 Å². The molecule has 1 atom stereocenters. The largest absolute Gasteiger partial charge is 0.497 e. The Morgan fingerprint density at radius 3 is 2.45 bits per heavy atom. The van der Waals surface area contributed by atoms with Crippen LogP contribution in [0, 0.1) is 6.92 Å². The van der Waals surface area contributed by atoms with Crippen LogP contribution in [0.4, 0.5) is 0 Å². The minimum atomic E-state index is -0.110. The van der Waals surface area contributed by atoms with E-state index in [1.807, 2.05) is 54.6 Å². The fourth-order valence-electron chi connectivity index (χ4n) is 3.35. The number of hydrogen-bond donors (Lipinski definition) is 2. The van der Waals surface area contributed by atoms with E-state index in [2.05, 4.69) is 51.7 Å². The van der Waals surface area contributed by atoms with E-state index in [0.29, 0.717) is 23.9 Å². The van der Waals surface area contributed by atoms with Crippen LogP contribution >= 0.6 is 11.8 Å². The highest BCUT2D eigenvalue weighted by molar-refractivity contribution is 7.99. The molecule has 0 spiro atoms. The molecule has 1 amide bonds. The SMILES string of the molecule is COc1ccc(-c2nc(S[C@@H](CC(=O)NCc3ccccc3)c3ccc(C)cc3)n[nH]2)cc1. The van der Waals surface area contributed by atoms with Gasteiger partial charge in [-0.25, -0.2) is 4.98 Å². The van der Waals surface area contributed by atoms with Gasteiger partial charge in [0.05, 0.1) is 7.11 Å². The van der Waals surface area contributed by atoms with Gasteiger partial charge in [0.25, 0.3) is 0 Å². The highest BCUT2D eigenvalue weighted by atomic mass is 32.2. The van der Waals surface area contributed by atoms with E-state index in [1.54, 1.807) is 7.11 Å². The number of aromatic amines is 1. The minimum absolute atomic E-state index is 0.0113. The predicted molar refractivity (Wildman–Crippen MR) is 131 cm³/mol. The van der Waals surface area contributed by atoms with Crippen molar-refractivity contribution in [2.75, 3.05) is 7.11 Å². The van der Waals surface area contributed by atoms with Gasteiger partial charge in [0, 0.05) is 23.8 Å².